The SMILES string of the molecule is CCC(C(=O)NC1CCCCC1)N(Cc1c(Cl)cccc1Cl)C(=O)CN(c1cccc(OC)c1)S(C)(=O)=O. The molecule has 2 aromatic carbocycles. The molecule has 0 radical (unpaired) electrons. The Morgan fingerprint density at radius 2 is 1.71 bits per heavy atom. The van der Waals surface area contributed by atoms with Crippen molar-refractivity contribution in [3.05, 3.63) is 58.1 Å². The number of halogens is 2. The molecule has 8 nitrogen and oxygen atoms in total. The number of sulfonamides is 1. The second-order valence-electron chi connectivity index (χ2n) is 9.46. The number of carbonyl (C=O) groups is 2. The number of hydrogen-bond acceptors (Lipinski definition) is 5. The highest BCUT2D eigenvalue weighted by Crippen LogP contribution is 2.28. The topological polar surface area (TPSA) is 96.0 Å². The van der Waals surface area contributed by atoms with Crippen LogP contribution in [0.15, 0.2) is 42.5 Å². The molecule has 1 unspecified atom stereocenters. The number of amides is 2. The standard InChI is InChI=1S/C27H35Cl2N3O5S/c1-4-25(27(34)30-19-10-6-5-7-11-19)31(17-22-23(28)14-9-15-24(22)29)26(33)18-32(38(3,35)36)20-12-8-13-21(16-20)37-2/h8-9,12-16,19,25H,4-7,10-11,17-18H2,1-3H3,(H,30,34). The van der Waals surface area contributed by atoms with E-state index in [0.29, 0.717) is 27.8 Å². The summed E-state index contributed by atoms with van der Waals surface area (Å²) in [7, 11) is -2.39. The van der Waals surface area contributed by atoms with Crippen molar-refractivity contribution >= 4 is 50.7 Å². The van der Waals surface area contributed by atoms with Gasteiger partial charge in [-0.25, -0.2) is 8.42 Å². The van der Waals surface area contributed by atoms with Crippen LogP contribution in [0.2, 0.25) is 10.0 Å². The fraction of sp³-hybridized carbons (Fsp3) is 0.481. The average Bonchev–Trinajstić information content (AvgIpc) is 2.88. The summed E-state index contributed by atoms with van der Waals surface area (Å²) < 4.78 is 31.8. The normalized spacial score (nSPS) is 15.0. The van der Waals surface area contributed by atoms with Crippen LogP contribution in [-0.2, 0) is 26.2 Å². The number of benzene rings is 2. The van der Waals surface area contributed by atoms with Gasteiger partial charge in [0, 0.05) is 34.3 Å². The van der Waals surface area contributed by atoms with Crippen molar-refractivity contribution in [3.8, 4) is 5.75 Å². The fourth-order valence-electron chi connectivity index (χ4n) is 4.70. The zero-order valence-electron chi connectivity index (χ0n) is 22.0. The Morgan fingerprint density at radius 1 is 1.08 bits per heavy atom. The van der Waals surface area contributed by atoms with Crippen LogP contribution in [0, 0.1) is 0 Å². The van der Waals surface area contributed by atoms with E-state index in [1.807, 2.05) is 6.92 Å². The Labute approximate surface area is 235 Å². The second kappa shape index (κ2) is 13.5. The summed E-state index contributed by atoms with van der Waals surface area (Å²) in [5, 5.41) is 3.81. The predicted octanol–water partition coefficient (Wildman–Crippen LogP) is 5.02. The maximum Gasteiger partial charge on any atom is 0.244 e. The minimum atomic E-state index is -3.86. The van der Waals surface area contributed by atoms with E-state index < -0.39 is 28.5 Å². The Hall–Kier alpha value is -2.49. The van der Waals surface area contributed by atoms with Gasteiger partial charge >= 0.3 is 0 Å². The molecular weight excluding hydrogens is 549 g/mol. The maximum atomic E-state index is 13.9. The van der Waals surface area contributed by atoms with Crippen LogP contribution < -0.4 is 14.4 Å². The highest BCUT2D eigenvalue weighted by Gasteiger charge is 2.33. The first-order valence-electron chi connectivity index (χ1n) is 12.7. The lowest BCUT2D eigenvalue weighted by molar-refractivity contribution is -0.140. The molecule has 0 spiro atoms. The molecule has 0 saturated heterocycles. The van der Waals surface area contributed by atoms with Crippen LogP contribution in [0.1, 0.15) is 51.0 Å². The van der Waals surface area contributed by atoms with E-state index in [1.165, 1.54) is 18.1 Å². The summed E-state index contributed by atoms with van der Waals surface area (Å²) in [5.74, 6) is -0.385. The van der Waals surface area contributed by atoms with Gasteiger partial charge in [-0.2, -0.15) is 0 Å². The molecule has 1 saturated carbocycles. The molecule has 11 heteroatoms. The number of nitrogens with zero attached hydrogens (tertiary/aromatic N) is 2. The highest BCUT2D eigenvalue weighted by molar-refractivity contribution is 7.92. The molecule has 1 fully saturated rings. The maximum absolute atomic E-state index is 13.9. The summed E-state index contributed by atoms with van der Waals surface area (Å²) in [6.45, 7) is 1.25. The Balaban J connectivity index is 1.97. The highest BCUT2D eigenvalue weighted by atomic mass is 35.5. The predicted molar refractivity (Wildman–Crippen MR) is 151 cm³/mol. The van der Waals surface area contributed by atoms with E-state index in [4.69, 9.17) is 27.9 Å². The Bertz CT molecular complexity index is 1210. The number of methoxy groups -OCH3 is 1. The van der Waals surface area contributed by atoms with E-state index in [2.05, 4.69) is 5.32 Å². The zero-order valence-corrected chi connectivity index (χ0v) is 24.3. The molecule has 2 amide bonds. The smallest absolute Gasteiger partial charge is 0.244 e. The molecule has 1 aliphatic rings. The number of anilines is 1. The molecule has 1 aliphatic carbocycles. The largest absolute Gasteiger partial charge is 0.497 e. The first-order chi connectivity index (χ1) is 18.0. The lowest BCUT2D eigenvalue weighted by atomic mass is 9.95. The third kappa shape index (κ3) is 7.77. The molecule has 0 heterocycles. The molecule has 3 rings (SSSR count). The summed E-state index contributed by atoms with van der Waals surface area (Å²) >= 11 is 12.9. The van der Waals surface area contributed by atoms with Gasteiger partial charge in [-0.3, -0.25) is 13.9 Å². The third-order valence-corrected chi connectivity index (χ3v) is 8.60. The zero-order chi connectivity index (χ0) is 27.9. The van der Waals surface area contributed by atoms with Gasteiger partial charge in [0.15, 0.2) is 0 Å². The number of ether oxygens (including phenoxy) is 1. The van der Waals surface area contributed by atoms with Crippen LogP contribution in [0.4, 0.5) is 5.69 Å². The quantitative estimate of drug-likeness (QED) is 0.400. The van der Waals surface area contributed by atoms with Crippen molar-refractivity contribution in [1.29, 1.82) is 0 Å². The fourth-order valence-corrected chi connectivity index (χ4v) is 6.06. The lowest BCUT2D eigenvalue weighted by Crippen LogP contribution is -2.54. The molecule has 0 aliphatic heterocycles. The van der Waals surface area contributed by atoms with Gasteiger partial charge in [-0.1, -0.05) is 61.5 Å². The number of carbonyl (C=O) groups excluding carboxylic acids is 2. The minimum Gasteiger partial charge on any atom is -0.497 e. The first kappa shape index (κ1) is 30.1. The van der Waals surface area contributed by atoms with E-state index in [9.17, 15) is 18.0 Å². The van der Waals surface area contributed by atoms with E-state index in [0.717, 1.165) is 42.7 Å². The van der Waals surface area contributed by atoms with E-state index >= 15 is 0 Å². The molecule has 1 N–H and O–H groups in total. The van der Waals surface area contributed by atoms with Gasteiger partial charge in [0.1, 0.15) is 18.3 Å². The van der Waals surface area contributed by atoms with Crippen molar-refractivity contribution in [3.63, 3.8) is 0 Å². The molecular formula is C27H35Cl2N3O5S. The van der Waals surface area contributed by atoms with Gasteiger partial charge < -0.3 is 15.0 Å². The van der Waals surface area contributed by atoms with Crippen LogP contribution in [0.25, 0.3) is 0 Å². The summed E-state index contributed by atoms with van der Waals surface area (Å²) in [4.78, 5) is 28.7. The molecule has 0 aromatic heterocycles. The average molecular weight is 585 g/mol. The number of nitrogens with one attached hydrogen (secondary N) is 1. The Kier molecular flexibility index (Phi) is 10.7. The van der Waals surface area contributed by atoms with Crippen molar-refractivity contribution in [1.82, 2.24) is 10.2 Å². The number of hydrogen-bond donors (Lipinski definition) is 1. The van der Waals surface area contributed by atoms with Gasteiger partial charge in [0.05, 0.1) is 19.1 Å². The Morgan fingerprint density at radius 3 is 2.29 bits per heavy atom. The van der Waals surface area contributed by atoms with Crippen molar-refractivity contribution in [2.75, 3.05) is 24.2 Å². The summed E-state index contributed by atoms with van der Waals surface area (Å²) in [5.41, 5.74) is 0.760. The van der Waals surface area contributed by atoms with Crippen LogP contribution in [0.5, 0.6) is 5.75 Å². The number of rotatable bonds is 11. The molecule has 208 valence electrons. The monoisotopic (exact) mass is 583 g/mol. The van der Waals surface area contributed by atoms with Crippen LogP contribution in [-0.4, -0.2) is 57.1 Å². The summed E-state index contributed by atoms with van der Waals surface area (Å²) in [6.07, 6.45) is 6.37. The van der Waals surface area contributed by atoms with Crippen molar-refractivity contribution in [2.24, 2.45) is 0 Å². The molecule has 2 aromatic rings. The first-order valence-corrected chi connectivity index (χ1v) is 15.3. The third-order valence-electron chi connectivity index (χ3n) is 6.75. The van der Waals surface area contributed by atoms with Crippen LogP contribution in [0.3, 0.4) is 0 Å². The van der Waals surface area contributed by atoms with Gasteiger partial charge in [0.25, 0.3) is 0 Å². The lowest BCUT2D eigenvalue weighted by Gasteiger charge is -2.34. The second-order valence-corrected chi connectivity index (χ2v) is 12.2. The van der Waals surface area contributed by atoms with Gasteiger partial charge in [-0.05, 0) is 43.5 Å². The molecule has 0 bridgehead atoms. The van der Waals surface area contributed by atoms with Crippen molar-refractivity contribution < 1.29 is 22.7 Å². The van der Waals surface area contributed by atoms with Gasteiger partial charge in [0.2, 0.25) is 21.8 Å². The van der Waals surface area contributed by atoms with Crippen molar-refractivity contribution in [2.45, 2.75) is 64.1 Å². The summed E-state index contributed by atoms with van der Waals surface area (Å²) in [6, 6.07) is 10.7. The minimum absolute atomic E-state index is 0.0513. The molecule has 1 atom stereocenters. The van der Waals surface area contributed by atoms with Gasteiger partial charge in [-0.15, -0.1) is 0 Å². The van der Waals surface area contributed by atoms with Crippen LogP contribution >= 0.6 is 23.2 Å². The van der Waals surface area contributed by atoms with E-state index in [-0.39, 0.29) is 24.2 Å². The van der Waals surface area contributed by atoms with E-state index in [1.54, 1.807) is 36.4 Å². The molecule has 38 heavy (non-hydrogen) atoms.